The minimum atomic E-state index is -0.0313. The minimum absolute atomic E-state index is 0.00861. The van der Waals surface area contributed by atoms with Gasteiger partial charge in [0.25, 0.3) is 0 Å². The SMILES string of the molecule is CC1(C)[C@@H]2CC[C@@]1(C)[C@@H](O)C2.O=c1cc(-c2ccccc2)oc2ccccc12. The number of hydrogen-bond acceptors (Lipinski definition) is 3. The molecule has 0 spiro atoms. The third-order valence-electron chi connectivity index (χ3n) is 7.44. The van der Waals surface area contributed by atoms with Crippen molar-refractivity contribution in [2.45, 2.75) is 46.1 Å². The Balaban J connectivity index is 0.000000151. The molecular formula is C25H28O3. The maximum Gasteiger partial charge on any atom is 0.193 e. The zero-order chi connectivity index (χ0) is 19.9. The third kappa shape index (κ3) is 2.98. The molecule has 0 aliphatic heterocycles. The molecule has 1 N–H and O–H groups in total. The Morgan fingerprint density at radius 1 is 1.00 bits per heavy atom. The molecule has 0 radical (unpaired) electrons. The first-order chi connectivity index (χ1) is 13.3. The van der Waals surface area contributed by atoms with E-state index < -0.39 is 0 Å². The molecule has 5 rings (SSSR count). The first-order valence-corrected chi connectivity index (χ1v) is 10.1. The summed E-state index contributed by atoms with van der Waals surface area (Å²) in [5, 5.41) is 10.4. The van der Waals surface area contributed by atoms with E-state index >= 15 is 0 Å². The Morgan fingerprint density at radius 3 is 2.25 bits per heavy atom. The summed E-state index contributed by atoms with van der Waals surface area (Å²) >= 11 is 0. The highest BCUT2D eigenvalue weighted by Gasteiger charge is 2.60. The molecule has 3 aromatic rings. The second-order valence-electron chi connectivity index (χ2n) is 8.96. The first kappa shape index (κ1) is 18.9. The molecule has 3 nitrogen and oxygen atoms in total. The summed E-state index contributed by atoms with van der Waals surface area (Å²) in [4.78, 5) is 11.9. The summed E-state index contributed by atoms with van der Waals surface area (Å²) in [6.45, 7) is 6.90. The maximum atomic E-state index is 11.9. The molecule has 28 heavy (non-hydrogen) atoms. The average Bonchev–Trinajstić information content (AvgIpc) is 3.02. The molecule has 2 saturated carbocycles. The van der Waals surface area contributed by atoms with Crippen LogP contribution < -0.4 is 5.43 Å². The minimum Gasteiger partial charge on any atom is -0.456 e. The van der Waals surface area contributed by atoms with E-state index in [1.165, 1.54) is 18.9 Å². The van der Waals surface area contributed by atoms with E-state index in [0.717, 1.165) is 17.9 Å². The van der Waals surface area contributed by atoms with E-state index in [0.29, 0.717) is 22.1 Å². The number of benzene rings is 2. The van der Waals surface area contributed by atoms with Gasteiger partial charge >= 0.3 is 0 Å². The van der Waals surface area contributed by atoms with E-state index in [4.69, 9.17) is 4.42 Å². The summed E-state index contributed by atoms with van der Waals surface area (Å²) in [5.74, 6) is 1.39. The van der Waals surface area contributed by atoms with Gasteiger partial charge in [-0.3, -0.25) is 4.79 Å². The van der Waals surface area contributed by atoms with Crippen molar-refractivity contribution in [2.75, 3.05) is 0 Å². The topological polar surface area (TPSA) is 50.4 Å². The van der Waals surface area contributed by atoms with Gasteiger partial charge in [-0.25, -0.2) is 0 Å². The van der Waals surface area contributed by atoms with Crippen molar-refractivity contribution in [3.8, 4) is 11.3 Å². The predicted octanol–water partition coefficient (Wildman–Crippen LogP) is 5.65. The van der Waals surface area contributed by atoms with E-state index in [1.54, 1.807) is 6.07 Å². The lowest BCUT2D eigenvalue weighted by Gasteiger charge is -2.36. The summed E-state index contributed by atoms with van der Waals surface area (Å²) < 4.78 is 5.73. The van der Waals surface area contributed by atoms with Gasteiger partial charge in [0.2, 0.25) is 0 Å². The van der Waals surface area contributed by atoms with E-state index in [9.17, 15) is 9.90 Å². The van der Waals surface area contributed by atoms with Gasteiger partial charge in [-0.2, -0.15) is 0 Å². The molecule has 0 unspecified atom stereocenters. The molecule has 2 fully saturated rings. The zero-order valence-electron chi connectivity index (χ0n) is 16.8. The molecule has 3 heteroatoms. The average molecular weight is 376 g/mol. The zero-order valence-corrected chi connectivity index (χ0v) is 16.8. The van der Waals surface area contributed by atoms with Gasteiger partial charge in [-0.05, 0) is 48.1 Å². The van der Waals surface area contributed by atoms with Gasteiger partial charge < -0.3 is 9.52 Å². The van der Waals surface area contributed by atoms with Crippen LogP contribution in [-0.4, -0.2) is 11.2 Å². The summed E-state index contributed by atoms with van der Waals surface area (Å²) in [7, 11) is 0. The molecule has 2 aromatic carbocycles. The second-order valence-corrected chi connectivity index (χ2v) is 8.96. The number of aliphatic hydroxyl groups is 1. The van der Waals surface area contributed by atoms with Gasteiger partial charge in [-0.15, -0.1) is 0 Å². The Kier molecular flexibility index (Phi) is 4.67. The quantitative estimate of drug-likeness (QED) is 0.597. The molecule has 2 aliphatic carbocycles. The van der Waals surface area contributed by atoms with Gasteiger partial charge in [0.1, 0.15) is 11.3 Å². The standard InChI is InChI=1S/C15H10O2.C10H18O/c16-13-10-15(11-6-2-1-3-7-11)17-14-9-5-4-8-12(13)14;1-9(2)7-4-5-10(9,3)8(11)6-7/h1-10H;7-8,11H,4-6H2,1-3H3/t;7-,8+,10+/m.1/s1. The largest absolute Gasteiger partial charge is 0.456 e. The fourth-order valence-electron chi connectivity index (χ4n) is 5.01. The molecule has 2 aliphatic rings. The second kappa shape index (κ2) is 6.89. The number of para-hydroxylation sites is 1. The highest BCUT2D eigenvalue weighted by molar-refractivity contribution is 5.78. The van der Waals surface area contributed by atoms with Crippen molar-refractivity contribution in [3.05, 3.63) is 70.9 Å². The van der Waals surface area contributed by atoms with Gasteiger partial charge in [0.05, 0.1) is 11.5 Å². The molecule has 1 heterocycles. The first-order valence-electron chi connectivity index (χ1n) is 10.1. The highest BCUT2D eigenvalue weighted by atomic mass is 16.3. The maximum absolute atomic E-state index is 11.9. The van der Waals surface area contributed by atoms with Gasteiger partial charge in [0.15, 0.2) is 5.43 Å². The highest BCUT2D eigenvalue weighted by Crippen LogP contribution is 2.65. The molecule has 1 aromatic heterocycles. The monoisotopic (exact) mass is 376 g/mol. The molecule has 2 bridgehead atoms. The molecular weight excluding hydrogens is 348 g/mol. The van der Waals surface area contributed by atoms with Crippen molar-refractivity contribution < 1.29 is 9.52 Å². The fraction of sp³-hybridized carbons (Fsp3) is 0.400. The lowest BCUT2D eigenvalue weighted by atomic mass is 9.70. The number of fused-ring (bicyclic) bond motifs is 3. The number of rotatable bonds is 1. The Morgan fingerprint density at radius 2 is 1.68 bits per heavy atom. The van der Waals surface area contributed by atoms with Crippen molar-refractivity contribution in [1.82, 2.24) is 0 Å². The predicted molar refractivity (Wildman–Crippen MR) is 113 cm³/mol. The molecule has 3 atom stereocenters. The molecule has 0 saturated heterocycles. The summed E-state index contributed by atoms with van der Waals surface area (Å²) in [6.07, 6.45) is 3.58. The summed E-state index contributed by atoms with van der Waals surface area (Å²) in [5.41, 5.74) is 2.13. The Bertz CT molecular complexity index is 1030. The lowest BCUT2D eigenvalue weighted by molar-refractivity contribution is 0.0126. The summed E-state index contributed by atoms with van der Waals surface area (Å²) in [6, 6.07) is 18.4. The third-order valence-corrected chi connectivity index (χ3v) is 7.44. The van der Waals surface area contributed by atoms with Crippen LogP contribution in [0.15, 0.2) is 69.9 Å². The van der Waals surface area contributed by atoms with Crippen LogP contribution in [0.2, 0.25) is 0 Å². The number of aliphatic hydroxyl groups excluding tert-OH is 1. The smallest absolute Gasteiger partial charge is 0.193 e. The van der Waals surface area contributed by atoms with Crippen LogP contribution in [0.5, 0.6) is 0 Å². The van der Waals surface area contributed by atoms with Crippen LogP contribution in [0.4, 0.5) is 0 Å². The van der Waals surface area contributed by atoms with Crippen LogP contribution in [0.3, 0.4) is 0 Å². The van der Waals surface area contributed by atoms with E-state index in [2.05, 4.69) is 20.8 Å². The van der Waals surface area contributed by atoms with Crippen molar-refractivity contribution in [2.24, 2.45) is 16.7 Å². The molecule has 146 valence electrons. The van der Waals surface area contributed by atoms with Crippen LogP contribution in [0, 0.1) is 16.7 Å². The van der Waals surface area contributed by atoms with Crippen molar-refractivity contribution in [3.63, 3.8) is 0 Å². The van der Waals surface area contributed by atoms with Crippen LogP contribution in [0.25, 0.3) is 22.3 Å². The van der Waals surface area contributed by atoms with Crippen LogP contribution >= 0.6 is 0 Å². The van der Waals surface area contributed by atoms with E-state index in [1.807, 2.05) is 48.5 Å². The fourth-order valence-corrected chi connectivity index (χ4v) is 5.01. The van der Waals surface area contributed by atoms with Crippen molar-refractivity contribution in [1.29, 1.82) is 0 Å². The lowest BCUT2D eigenvalue weighted by Crippen LogP contribution is -2.35. The normalized spacial score (nSPS) is 27.4. The Labute approximate surface area is 166 Å². The van der Waals surface area contributed by atoms with Gasteiger partial charge in [-0.1, -0.05) is 63.2 Å². The van der Waals surface area contributed by atoms with Crippen LogP contribution in [0.1, 0.15) is 40.0 Å². The van der Waals surface area contributed by atoms with Crippen molar-refractivity contribution >= 4 is 11.0 Å². The molecule has 0 amide bonds. The number of hydrogen-bond donors (Lipinski definition) is 1. The van der Waals surface area contributed by atoms with Crippen LogP contribution in [-0.2, 0) is 0 Å². The Hall–Kier alpha value is -2.39. The van der Waals surface area contributed by atoms with Gasteiger partial charge in [0, 0.05) is 11.6 Å². The van der Waals surface area contributed by atoms with E-state index in [-0.39, 0.29) is 16.9 Å².